The average Bonchev–Trinajstić information content (AvgIpc) is 2.53. The summed E-state index contributed by atoms with van der Waals surface area (Å²) in [6.45, 7) is 8.82. The van der Waals surface area contributed by atoms with Gasteiger partial charge in [-0.3, -0.25) is 9.59 Å². The van der Waals surface area contributed by atoms with Crippen LogP contribution < -0.4 is 5.32 Å². The summed E-state index contributed by atoms with van der Waals surface area (Å²) in [6, 6.07) is 0. The number of carbonyl (C=O) groups excluding carboxylic acids is 2. The number of amides is 2. The van der Waals surface area contributed by atoms with Crippen LogP contribution in [0.4, 0.5) is 0 Å². The normalized spacial score (nSPS) is 27.0. The van der Waals surface area contributed by atoms with Crippen molar-refractivity contribution < 1.29 is 9.59 Å². The van der Waals surface area contributed by atoms with Gasteiger partial charge in [0, 0.05) is 32.5 Å². The molecule has 4 nitrogen and oxygen atoms in total. The zero-order chi connectivity index (χ0) is 16.1. The van der Waals surface area contributed by atoms with E-state index >= 15 is 0 Å². The third-order valence-corrected chi connectivity index (χ3v) is 5.63. The topological polar surface area (TPSA) is 49.4 Å². The molecule has 0 spiro atoms. The molecule has 1 aliphatic carbocycles. The lowest BCUT2D eigenvalue weighted by atomic mass is 9.80. The number of carbonyl (C=O) groups is 2. The van der Waals surface area contributed by atoms with Crippen molar-refractivity contribution in [3.05, 3.63) is 0 Å². The van der Waals surface area contributed by atoms with Crippen molar-refractivity contribution >= 4 is 11.8 Å². The molecule has 0 bridgehead atoms. The summed E-state index contributed by atoms with van der Waals surface area (Å²) < 4.78 is 0. The van der Waals surface area contributed by atoms with Gasteiger partial charge in [-0.25, -0.2) is 0 Å². The molecule has 0 atom stereocenters. The molecule has 1 heterocycles. The van der Waals surface area contributed by atoms with Gasteiger partial charge in [-0.1, -0.05) is 13.8 Å². The van der Waals surface area contributed by atoms with Crippen LogP contribution in [0.2, 0.25) is 0 Å². The molecule has 2 fully saturated rings. The maximum atomic E-state index is 12.7. The van der Waals surface area contributed by atoms with Crippen LogP contribution in [0.3, 0.4) is 0 Å². The van der Waals surface area contributed by atoms with E-state index in [9.17, 15) is 9.59 Å². The van der Waals surface area contributed by atoms with Gasteiger partial charge in [0.25, 0.3) is 0 Å². The Labute approximate surface area is 135 Å². The lowest BCUT2D eigenvalue weighted by Crippen LogP contribution is -2.43. The molecule has 4 heteroatoms. The minimum atomic E-state index is 0.0474. The predicted octanol–water partition coefficient (Wildman–Crippen LogP) is 2.82. The van der Waals surface area contributed by atoms with Gasteiger partial charge in [0.05, 0.1) is 0 Å². The van der Waals surface area contributed by atoms with E-state index in [0.29, 0.717) is 11.8 Å². The van der Waals surface area contributed by atoms with Crippen LogP contribution in [0.15, 0.2) is 0 Å². The minimum Gasteiger partial charge on any atom is -0.356 e. The van der Waals surface area contributed by atoms with E-state index in [4.69, 9.17) is 0 Å². The van der Waals surface area contributed by atoms with E-state index < -0.39 is 0 Å². The van der Waals surface area contributed by atoms with Crippen molar-refractivity contribution in [1.82, 2.24) is 10.2 Å². The highest BCUT2D eigenvalue weighted by Gasteiger charge is 2.31. The number of nitrogens with zero attached hydrogens (tertiary/aromatic N) is 1. The summed E-state index contributed by atoms with van der Waals surface area (Å²) in [5.41, 5.74) is 0. The molecule has 1 N–H and O–H groups in total. The Balaban J connectivity index is 1.72. The second-order valence-electron chi connectivity index (χ2n) is 7.56. The van der Waals surface area contributed by atoms with E-state index in [0.717, 1.165) is 57.2 Å². The molecule has 2 aliphatic rings. The van der Waals surface area contributed by atoms with E-state index in [-0.39, 0.29) is 11.8 Å². The molecule has 0 radical (unpaired) electrons. The fourth-order valence-electron chi connectivity index (χ4n) is 3.95. The molecule has 1 saturated carbocycles. The molecule has 0 aromatic rings. The first-order valence-electron chi connectivity index (χ1n) is 9.00. The molecule has 1 aliphatic heterocycles. The highest BCUT2D eigenvalue weighted by Crippen LogP contribution is 2.31. The quantitative estimate of drug-likeness (QED) is 0.868. The molecular formula is C18H32N2O2. The Morgan fingerprint density at radius 2 is 1.64 bits per heavy atom. The second-order valence-corrected chi connectivity index (χ2v) is 7.56. The van der Waals surface area contributed by atoms with Crippen molar-refractivity contribution in [1.29, 1.82) is 0 Å². The first-order chi connectivity index (χ1) is 10.5. The molecule has 2 rings (SSSR count). The van der Waals surface area contributed by atoms with Crippen LogP contribution in [0.1, 0.15) is 59.3 Å². The summed E-state index contributed by atoms with van der Waals surface area (Å²) in [5, 5.41) is 2.90. The Kier molecular flexibility index (Phi) is 6.27. The molecule has 22 heavy (non-hydrogen) atoms. The minimum absolute atomic E-state index is 0.0474. The number of likely N-dealkylation sites (tertiary alicyclic amines) is 1. The fourth-order valence-corrected chi connectivity index (χ4v) is 3.95. The summed E-state index contributed by atoms with van der Waals surface area (Å²) in [5.74, 6) is 2.74. The van der Waals surface area contributed by atoms with Gasteiger partial charge in [-0.2, -0.15) is 0 Å². The third kappa shape index (κ3) is 4.72. The molecule has 1 saturated heterocycles. The van der Waals surface area contributed by atoms with Crippen molar-refractivity contribution in [2.24, 2.45) is 23.7 Å². The largest absolute Gasteiger partial charge is 0.356 e. The zero-order valence-corrected chi connectivity index (χ0v) is 14.4. The van der Waals surface area contributed by atoms with Gasteiger partial charge < -0.3 is 10.2 Å². The SMILES string of the molecule is CC(=O)NCC1CCC(C(=O)N2CCC(C(C)C)CC2)CC1. The van der Waals surface area contributed by atoms with Gasteiger partial charge in [0.1, 0.15) is 0 Å². The van der Waals surface area contributed by atoms with Crippen LogP contribution in [-0.2, 0) is 9.59 Å². The van der Waals surface area contributed by atoms with Crippen LogP contribution in [0.25, 0.3) is 0 Å². The van der Waals surface area contributed by atoms with Crippen molar-refractivity contribution in [2.45, 2.75) is 59.3 Å². The van der Waals surface area contributed by atoms with Gasteiger partial charge in [0.2, 0.25) is 11.8 Å². The van der Waals surface area contributed by atoms with Crippen LogP contribution in [0, 0.1) is 23.7 Å². The number of piperidine rings is 1. The standard InChI is InChI=1S/C18H32N2O2/c1-13(2)16-8-10-20(11-9-16)18(22)17-6-4-15(5-7-17)12-19-14(3)21/h13,15-17H,4-12H2,1-3H3,(H,19,21). The zero-order valence-electron chi connectivity index (χ0n) is 14.4. The first-order valence-corrected chi connectivity index (χ1v) is 9.00. The Morgan fingerprint density at radius 3 is 2.14 bits per heavy atom. The van der Waals surface area contributed by atoms with Crippen molar-refractivity contribution in [2.75, 3.05) is 19.6 Å². The molecule has 0 unspecified atom stereocenters. The van der Waals surface area contributed by atoms with Crippen LogP contribution in [0.5, 0.6) is 0 Å². The maximum absolute atomic E-state index is 12.7. The maximum Gasteiger partial charge on any atom is 0.225 e. The summed E-state index contributed by atoms with van der Waals surface area (Å²) in [4.78, 5) is 25.7. The van der Waals surface area contributed by atoms with E-state index in [2.05, 4.69) is 24.1 Å². The molecular weight excluding hydrogens is 276 g/mol. The third-order valence-electron chi connectivity index (χ3n) is 5.63. The fraction of sp³-hybridized carbons (Fsp3) is 0.889. The monoisotopic (exact) mass is 308 g/mol. The van der Waals surface area contributed by atoms with Gasteiger partial charge >= 0.3 is 0 Å². The van der Waals surface area contributed by atoms with Gasteiger partial charge in [0.15, 0.2) is 0 Å². The summed E-state index contributed by atoms with van der Waals surface area (Å²) in [6.07, 6.45) is 6.46. The van der Waals surface area contributed by atoms with E-state index in [1.807, 2.05) is 0 Å². The van der Waals surface area contributed by atoms with Crippen LogP contribution in [-0.4, -0.2) is 36.3 Å². The lowest BCUT2D eigenvalue weighted by molar-refractivity contribution is -0.138. The highest BCUT2D eigenvalue weighted by molar-refractivity contribution is 5.79. The highest BCUT2D eigenvalue weighted by atomic mass is 16.2. The Bertz CT molecular complexity index is 379. The average molecular weight is 308 g/mol. The number of hydrogen-bond donors (Lipinski definition) is 1. The van der Waals surface area contributed by atoms with Crippen LogP contribution >= 0.6 is 0 Å². The van der Waals surface area contributed by atoms with Gasteiger partial charge in [-0.05, 0) is 56.3 Å². The van der Waals surface area contributed by atoms with Gasteiger partial charge in [-0.15, -0.1) is 0 Å². The van der Waals surface area contributed by atoms with Crippen molar-refractivity contribution in [3.8, 4) is 0 Å². The molecule has 2 amide bonds. The van der Waals surface area contributed by atoms with Crippen molar-refractivity contribution in [3.63, 3.8) is 0 Å². The summed E-state index contributed by atoms with van der Waals surface area (Å²) in [7, 11) is 0. The Hall–Kier alpha value is -1.06. The number of nitrogens with one attached hydrogen (secondary N) is 1. The number of rotatable bonds is 4. The second kappa shape index (κ2) is 7.98. The van der Waals surface area contributed by atoms with E-state index in [1.54, 1.807) is 6.92 Å². The number of hydrogen-bond acceptors (Lipinski definition) is 2. The Morgan fingerprint density at radius 1 is 1.05 bits per heavy atom. The first kappa shape index (κ1) is 17.3. The summed E-state index contributed by atoms with van der Waals surface area (Å²) >= 11 is 0. The molecule has 0 aromatic carbocycles. The molecule has 126 valence electrons. The van der Waals surface area contributed by atoms with E-state index in [1.165, 1.54) is 12.8 Å². The molecule has 0 aromatic heterocycles. The lowest BCUT2D eigenvalue weighted by Gasteiger charge is -2.37. The predicted molar refractivity (Wildman–Crippen MR) is 88.3 cm³/mol. The smallest absolute Gasteiger partial charge is 0.225 e.